The van der Waals surface area contributed by atoms with Crippen LogP contribution < -0.4 is 4.74 Å². The number of halogens is 1. The lowest BCUT2D eigenvalue weighted by Gasteiger charge is -2.24. The van der Waals surface area contributed by atoms with Crippen molar-refractivity contribution in [1.82, 2.24) is 0 Å². The number of benzene rings is 1. The predicted octanol–water partition coefficient (Wildman–Crippen LogP) is 4.01. The van der Waals surface area contributed by atoms with Crippen molar-refractivity contribution in [3.05, 3.63) is 23.3 Å². The Bertz CT molecular complexity index is 674. The van der Waals surface area contributed by atoms with Gasteiger partial charge in [0.15, 0.2) is 0 Å². The SMILES string of the molecule is CC#CCCOc1cc(C)c(S(=O)(=O)Cl)cc1C(C)(C)C. The molecule has 0 aromatic heterocycles. The molecule has 0 heterocycles. The standard InChI is InChI=1S/C16H21ClO3S/c1-6-7-8-9-20-14-10-12(2)15(21(17,18)19)11-13(14)16(3,4)5/h10-11H,8-9H2,1-5H3. The molecule has 5 heteroatoms. The van der Waals surface area contributed by atoms with Crippen LogP contribution in [-0.4, -0.2) is 15.0 Å². The van der Waals surface area contributed by atoms with E-state index < -0.39 is 9.05 Å². The quantitative estimate of drug-likeness (QED) is 0.476. The van der Waals surface area contributed by atoms with E-state index in [4.69, 9.17) is 15.4 Å². The molecule has 1 aromatic rings. The summed E-state index contributed by atoms with van der Waals surface area (Å²) in [5.41, 5.74) is 1.14. The molecule has 0 spiro atoms. The maximum atomic E-state index is 11.6. The van der Waals surface area contributed by atoms with Gasteiger partial charge in [-0.2, -0.15) is 0 Å². The Kier molecular flexibility index (Phi) is 5.72. The van der Waals surface area contributed by atoms with Gasteiger partial charge in [0, 0.05) is 22.7 Å². The minimum Gasteiger partial charge on any atom is -0.492 e. The first-order valence-corrected chi connectivity index (χ1v) is 9.00. The minimum atomic E-state index is -3.77. The average molecular weight is 329 g/mol. The summed E-state index contributed by atoms with van der Waals surface area (Å²) in [6.07, 6.45) is 0.634. The fourth-order valence-electron chi connectivity index (χ4n) is 1.97. The number of rotatable bonds is 4. The molecule has 0 N–H and O–H groups in total. The van der Waals surface area contributed by atoms with E-state index in [0.717, 1.165) is 5.56 Å². The normalized spacial score (nSPS) is 11.7. The molecule has 21 heavy (non-hydrogen) atoms. The summed E-state index contributed by atoms with van der Waals surface area (Å²) in [7, 11) is 1.73. The molecule has 0 atom stereocenters. The Labute approximate surface area is 132 Å². The van der Waals surface area contributed by atoms with Crippen LogP contribution in [0.5, 0.6) is 5.75 Å². The first kappa shape index (κ1) is 17.9. The van der Waals surface area contributed by atoms with Crippen LogP contribution in [0.25, 0.3) is 0 Å². The fraction of sp³-hybridized carbons (Fsp3) is 0.500. The molecule has 0 bridgehead atoms. The smallest absolute Gasteiger partial charge is 0.261 e. The molecule has 1 aromatic carbocycles. The summed E-state index contributed by atoms with van der Waals surface area (Å²) in [6, 6.07) is 3.34. The summed E-state index contributed by atoms with van der Waals surface area (Å²) < 4.78 is 29.1. The van der Waals surface area contributed by atoms with E-state index in [1.807, 2.05) is 20.8 Å². The topological polar surface area (TPSA) is 43.4 Å². The molecular formula is C16H21ClO3S. The maximum Gasteiger partial charge on any atom is 0.261 e. The molecule has 3 nitrogen and oxygen atoms in total. The van der Waals surface area contributed by atoms with Crippen LogP contribution in [0.4, 0.5) is 0 Å². The van der Waals surface area contributed by atoms with Crippen molar-refractivity contribution in [2.75, 3.05) is 6.61 Å². The lowest BCUT2D eigenvalue weighted by atomic mass is 9.86. The summed E-state index contributed by atoms with van der Waals surface area (Å²) >= 11 is 0. The van der Waals surface area contributed by atoms with Crippen molar-refractivity contribution >= 4 is 19.7 Å². The van der Waals surface area contributed by atoms with Crippen LogP contribution in [-0.2, 0) is 14.5 Å². The van der Waals surface area contributed by atoms with E-state index in [1.165, 1.54) is 0 Å². The molecule has 0 amide bonds. The highest BCUT2D eigenvalue weighted by Gasteiger charge is 2.24. The number of hydrogen-bond acceptors (Lipinski definition) is 3. The molecule has 0 aliphatic rings. The van der Waals surface area contributed by atoms with E-state index in [2.05, 4.69) is 11.8 Å². The predicted molar refractivity (Wildman–Crippen MR) is 86.5 cm³/mol. The molecule has 0 aliphatic heterocycles. The van der Waals surface area contributed by atoms with Gasteiger partial charge in [0.25, 0.3) is 9.05 Å². The highest BCUT2D eigenvalue weighted by atomic mass is 35.7. The maximum absolute atomic E-state index is 11.6. The van der Waals surface area contributed by atoms with Crippen molar-refractivity contribution in [3.8, 4) is 17.6 Å². The Hall–Kier alpha value is -1.18. The minimum absolute atomic E-state index is 0.134. The summed E-state index contributed by atoms with van der Waals surface area (Å²) in [5, 5.41) is 0. The Balaban J connectivity index is 3.29. The first-order valence-electron chi connectivity index (χ1n) is 6.69. The van der Waals surface area contributed by atoms with Gasteiger partial charge in [-0.25, -0.2) is 8.42 Å². The molecule has 0 radical (unpaired) electrons. The van der Waals surface area contributed by atoms with Gasteiger partial charge in [-0.3, -0.25) is 0 Å². The third-order valence-corrected chi connectivity index (χ3v) is 4.47. The summed E-state index contributed by atoms with van der Waals surface area (Å²) in [6.45, 7) is 9.96. The van der Waals surface area contributed by atoms with E-state index in [1.54, 1.807) is 26.0 Å². The van der Waals surface area contributed by atoms with Crippen LogP contribution in [0, 0.1) is 18.8 Å². The highest BCUT2D eigenvalue weighted by molar-refractivity contribution is 8.13. The van der Waals surface area contributed by atoms with Gasteiger partial charge in [-0.05, 0) is 37.0 Å². The van der Waals surface area contributed by atoms with Gasteiger partial charge in [0.1, 0.15) is 5.75 Å². The number of aryl methyl sites for hydroxylation is 1. The van der Waals surface area contributed by atoms with E-state index in [0.29, 0.717) is 24.3 Å². The monoisotopic (exact) mass is 328 g/mol. The first-order chi connectivity index (χ1) is 9.57. The second-order valence-electron chi connectivity index (χ2n) is 5.83. The van der Waals surface area contributed by atoms with E-state index in [9.17, 15) is 8.42 Å². The van der Waals surface area contributed by atoms with Gasteiger partial charge in [-0.1, -0.05) is 20.8 Å². The lowest BCUT2D eigenvalue weighted by Crippen LogP contribution is -2.15. The molecule has 0 saturated heterocycles. The molecule has 0 saturated carbocycles. The Morgan fingerprint density at radius 1 is 1.29 bits per heavy atom. The molecule has 116 valence electrons. The molecule has 1 rings (SSSR count). The van der Waals surface area contributed by atoms with Crippen molar-refractivity contribution in [2.45, 2.75) is 51.3 Å². The van der Waals surface area contributed by atoms with Crippen LogP contribution in [0.1, 0.15) is 45.2 Å². The second kappa shape index (κ2) is 6.72. The molecule has 0 unspecified atom stereocenters. The van der Waals surface area contributed by atoms with Crippen LogP contribution in [0.15, 0.2) is 17.0 Å². The zero-order valence-corrected chi connectivity index (χ0v) is 14.7. The average Bonchev–Trinajstić information content (AvgIpc) is 2.31. The molecule has 0 aliphatic carbocycles. The summed E-state index contributed by atoms with van der Waals surface area (Å²) in [5.74, 6) is 6.43. The van der Waals surface area contributed by atoms with E-state index >= 15 is 0 Å². The zero-order valence-electron chi connectivity index (χ0n) is 13.1. The van der Waals surface area contributed by atoms with Crippen LogP contribution in [0.2, 0.25) is 0 Å². The van der Waals surface area contributed by atoms with Gasteiger partial charge >= 0.3 is 0 Å². The summed E-state index contributed by atoms with van der Waals surface area (Å²) in [4.78, 5) is 0.134. The van der Waals surface area contributed by atoms with Crippen molar-refractivity contribution in [3.63, 3.8) is 0 Å². The Morgan fingerprint density at radius 3 is 2.38 bits per heavy atom. The number of ether oxygens (including phenoxy) is 1. The van der Waals surface area contributed by atoms with Gasteiger partial charge in [-0.15, -0.1) is 11.8 Å². The third kappa shape index (κ3) is 4.94. The van der Waals surface area contributed by atoms with Crippen LogP contribution >= 0.6 is 10.7 Å². The zero-order chi connectivity index (χ0) is 16.3. The van der Waals surface area contributed by atoms with E-state index in [-0.39, 0.29) is 10.3 Å². The molecular weight excluding hydrogens is 308 g/mol. The highest BCUT2D eigenvalue weighted by Crippen LogP contribution is 2.36. The Morgan fingerprint density at radius 2 is 1.90 bits per heavy atom. The molecule has 0 fully saturated rings. The fourth-order valence-corrected chi connectivity index (χ4v) is 3.17. The largest absolute Gasteiger partial charge is 0.492 e. The van der Waals surface area contributed by atoms with Gasteiger partial charge in [0.2, 0.25) is 0 Å². The van der Waals surface area contributed by atoms with Crippen molar-refractivity contribution in [1.29, 1.82) is 0 Å². The van der Waals surface area contributed by atoms with Gasteiger partial charge in [0.05, 0.1) is 11.5 Å². The number of hydrogen-bond donors (Lipinski definition) is 0. The van der Waals surface area contributed by atoms with Crippen molar-refractivity contribution < 1.29 is 13.2 Å². The lowest BCUT2D eigenvalue weighted by molar-refractivity contribution is 0.317. The van der Waals surface area contributed by atoms with Crippen molar-refractivity contribution in [2.24, 2.45) is 0 Å². The third-order valence-electron chi connectivity index (χ3n) is 3.01. The van der Waals surface area contributed by atoms with Crippen LogP contribution in [0.3, 0.4) is 0 Å². The van der Waals surface area contributed by atoms with Gasteiger partial charge < -0.3 is 4.74 Å². The second-order valence-corrected chi connectivity index (χ2v) is 8.36.